The standard InChI is InChI=1S/C19H20Cl2N6O4/c1-8(2)19(3-4-19)10-7-13(24-25-16(10)28)31-14-11(20)5-9(6-12(14)21)27-18(30)23-17(29)15(22)26-27/h5-8,16,25,28H,3-4H2,1-2H3,(H2,22,26)(H,23,29,30). The van der Waals surface area contributed by atoms with Crippen LogP contribution >= 0.6 is 23.2 Å². The number of aliphatic hydroxyl groups excluding tert-OH is 1. The Labute approximate surface area is 186 Å². The van der Waals surface area contributed by atoms with E-state index in [2.05, 4.69) is 34.5 Å². The van der Waals surface area contributed by atoms with E-state index >= 15 is 0 Å². The second-order valence-corrected chi connectivity index (χ2v) is 8.60. The number of nitrogens with two attached hydrogens (primary N) is 1. The second-order valence-electron chi connectivity index (χ2n) is 7.79. The van der Waals surface area contributed by atoms with E-state index in [1.165, 1.54) is 12.1 Å². The highest BCUT2D eigenvalue weighted by Gasteiger charge is 2.51. The molecule has 10 nitrogen and oxygen atoms in total. The Kier molecular flexibility index (Phi) is 5.32. The molecular formula is C19H20Cl2N6O4. The SMILES string of the molecule is CC(C)C1(C2=CC(Oc3c(Cl)cc(-n4nc(N)c(=O)[nH]c4=O)cc3Cl)=NNC2O)CC1. The van der Waals surface area contributed by atoms with E-state index < -0.39 is 17.5 Å². The van der Waals surface area contributed by atoms with Gasteiger partial charge in [-0.15, -0.1) is 10.2 Å². The highest BCUT2D eigenvalue weighted by atomic mass is 35.5. The van der Waals surface area contributed by atoms with Crippen LogP contribution in [0, 0.1) is 11.3 Å². The number of H-pyrrole nitrogens is 1. The normalized spacial score (nSPS) is 19.5. The minimum atomic E-state index is -0.894. The average Bonchev–Trinajstić information content (AvgIpc) is 3.50. The maximum Gasteiger partial charge on any atom is 0.349 e. The molecule has 1 saturated carbocycles. The zero-order chi connectivity index (χ0) is 22.5. The van der Waals surface area contributed by atoms with Gasteiger partial charge in [-0.3, -0.25) is 15.2 Å². The highest BCUT2D eigenvalue weighted by molar-refractivity contribution is 6.37. The Balaban J connectivity index is 1.66. The molecule has 4 rings (SSSR count). The van der Waals surface area contributed by atoms with E-state index in [0.717, 1.165) is 23.1 Å². The molecule has 1 fully saturated rings. The Morgan fingerprint density at radius 1 is 1.29 bits per heavy atom. The molecule has 0 spiro atoms. The number of nitrogen functional groups attached to an aromatic ring is 1. The van der Waals surface area contributed by atoms with Crippen molar-refractivity contribution in [2.75, 3.05) is 5.73 Å². The van der Waals surface area contributed by atoms with Crippen LogP contribution in [0.25, 0.3) is 5.69 Å². The predicted octanol–water partition coefficient (Wildman–Crippen LogP) is 1.79. The number of anilines is 1. The van der Waals surface area contributed by atoms with Gasteiger partial charge in [0.25, 0.3) is 5.56 Å². The van der Waals surface area contributed by atoms with Gasteiger partial charge in [-0.1, -0.05) is 37.0 Å². The molecule has 0 bridgehead atoms. The number of nitrogens with one attached hydrogen (secondary N) is 2. The number of hydrazone groups is 1. The van der Waals surface area contributed by atoms with Crippen molar-refractivity contribution in [3.05, 3.63) is 54.7 Å². The van der Waals surface area contributed by atoms with Crippen LogP contribution in [-0.4, -0.2) is 32.0 Å². The predicted molar refractivity (Wildman–Crippen MR) is 117 cm³/mol. The lowest BCUT2D eigenvalue weighted by Crippen LogP contribution is -2.37. The fraction of sp³-hybridized carbons (Fsp3) is 0.368. The Bertz CT molecular complexity index is 1210. The summed E-state index contributed by atoms with van der Waals surface area (Å²) >= 11 is 12.7. The van der Waals surface area contributed by atoms with Crippen LogP contribution in [0.3, 0.4) is 0 Å². The van der Waals surface area contributed by atoms with E-state index in [4.69, 9.17) is 33.7 Å². The molecular weight excluding hydrogens is 447 g/mol. The van der Waals surface area contributed by atoms with Crippen molar-refractivity contribution in [2.45, 2.75) is 32.9 Å². The van der Waals surface area contributed by atoms with Crippen molar-refractivity contribution in [2.24, 2.45) is 16.4 Å². The lowest BCUT2D eigenvalue weighted by atomic mass is 9.83. The largest absolute Gasteiger partial charge is 0.434 e. The summed E-state index contributed by atoms with van der Waals surface area (Å²) < 4.78 is 6.67. The number of nitrogens with zero attached hydrogens (tertiary/aromatic N) is 3. The second kappa shape index (κ2) is 7.70. The fourth-order valence-corrected chi connectivity index (χ4v) is 4.25. The average molecular weight is 467 g/mol. The van der Waals surface area contributed by atoms with Gasteiger partial charge < -0.3 is 15.6 Å². The van der Waals surface area contributed by atoms with Crippen molar-refractivity contribution in [1.29, 1.82) is 0 Å². The highest BCUT2D eigenvalue weighted by Crippen LogP contribution is 2.58. The van der Waals surface area contributed by atoms with Crippen molar-refractivity contribution in [1.82, 2.24) is 20.2 Å². The summed E-state index contributed by atoms with van der Waals surface area (Å²) in [5, 5.41) is 18.3. The Morgan fingerprint density at radius 2 is 1.94 bits per heavy atom. The fourth-order valence-electron chi connectivity index (χ4n) is 3.70. The first kappa shape index (κ1) is 21.4. The summed E-state index contributed by atoms with van der Waals surface area (Å²) in [6.45, 7) is 4.22. The molecule has 0 amide bonds. The van der Waals surface area contributed by atoms with Crippen molar-refractivity contribution in [3.63, 3.8) is 0 Å². The van der Waals surface area contributed by atoms with Crippen LogP contribution in [0.4, 0.5) is 5.82 Å². The molecule has 12 heteroatoms. The molecule has 2 aliphatic rings. The maximum atomic E-state index is 12.1. The molecule has 2 aromatic rings. The summed E-state index contributed by atoms with van der Waals surface area (Å²) in [4.78, 5) is 25.5. The zero-order valence-electron chi connectivity index (χ0n) is 16.6. The van der Waals surface area contributed by atoms with E-state index in [9.17, 15) is 14.7 Å². The third kappa shape index (κ3) is 3.82. The minimum absolute atomic E-state index is 0.0785. The van der Waals surface area contributed by atoms with Crippen LogP contribution in [0.5, 0.6) is 5.75 Å². The third-order valence-electron chi connectivity index (χ3n) is 5.63. The number of hydrogen-bond acceptors (Lipinski definition) is 8. The Hall–Kier alpha value is -2.82. The van der Waals surface area contributed by atoms with Gasteiger partial charge in [-0.2, -0.15) is 4.68 Å². The summed E-state index contributed by atoms with van der Waals surface area (Å²) in [6.07, 6.45) is 2.75. The van der Waals surface area contributed by atoms with Crippen molar-refractivity contribution < 1.29 is 9.84 Å². The van der Waals surface area contributed by atoms with Crippen LogP contribution in [-0.2, 0) is 0 Å². The van der Waals surface area contributed by atoms with Crippen molar-refractivity contribution in [3.8, 4) is 11.4 Å². The van der Waals surface area contributed by atoms with Gasteiger partial charge in [0, 0.05) is 6.08 Å². The molecule has 1 aliphatic carbocycles. The van der Waals surface area contributed by atoms with Crippen LogP contribution in [0.15, 0.2) is 38.5 Å². The van der Waals surface area contributed by atoms with E-state index in [1.54, 1.807) is 6.08 Å². The first-order valence-corrected chi connectivity index (χ1v) is 10.3. The molecule has 31 heavy (non-hydrogen) atoms. The monoisotopic (exact) mass is 466 g/mol. The molecule has 2 heterocycles. The first-order chi connectivity index (χ1) is 14.6. The number of aromatic amines is 1. The van der Waals surface area contributed by atoms with E-state index in [1.807, 2.05) is 0 Å². The van der Waals surface area contributed by atoms with Gasteiger partial charge in [-0.05, 0) is 41.9 Å². The number of hydrogen-bond donors (Lipinski definition) is 4. The number of aromatic nitrogens is 3. The number of rotatable bonds is 4. The van der Waals surface area contributed by atoms with Gasteiger partial charge >= 0.3 is 5.69 Å². The molecule has 1 aliphatic heterocycles. The smallest absolute Gasteiger partial charge is 0.349 e. The number of halogens is 2. The number of benzene rings is 1. The molecule has 1 unspecified atom stereocenters. The van der Waals surface area contributed by atoms with Crippen molar-refractivity contribution >= 4 is 34.9 Å². The van der Waals surface area contributed by atoms with E-state index in [0.29, 0.717) is 5.92 Å². The summed E-state index contributed by atoms with van der Waals surface area (Å²) in [7, 11) is 0. The van der Waals surface area contributed by atoms with Gasteiger partial charge in [-0.25, -0.2) is 4.79 Å². The van der Waals surface area contributed by atoms with Gasteiger partial charge in [0.1, 0.15) is 0 Å². The lowest BCUT2D eigenvalue weighted by Gasteiger charge is -2.29. The minimum Gasteiger partial charge on any atom is -0.434 e. The summed E-state index contributed by atoms with van der Waals surface area (Å²) in [6, 6.07) is 2.78. The quantitative estimate of drug-likeness (QED) is 0.536. The summed E-state index contributed by atoms with van der Waals surface area (Å²) in [5.74, 6) is 0.258. The van der Waals surface area contributed by atoms with Crippen LogP contribution in [0.2, 0.25) is 10.0 Å². The van der Waals surface area contributed by atoms with Gasteiger partial charge in [0.2, 0.25) is 11.7 Å². The molecule has 1 aromatic carbocycles. The van der Waals surface area contributed by atoms with Gasteiger partial charge in [0.05, 0.1) is 15.7 Å². The Morgan fingerprint density at radius 3 is 2.52 bits per heavy atom. The maximum absolute atomic E-state index is 12.1. The first-order valence-electron chi connectivity index (χ1n) is 9.52. The molecule has 1 aromatic heterocycles. The topological polar surface area (TPSA) is 148 Å². The number of aliphatic hydroxyl groups is 1. The zero-order valence-corrected chi connectivity index (χ0v) is 18.2. The summed E-state index contributed by atoms with van der Waals surface area (Å²) in [5.41, 5.74) is 7.45. The molecule has 5 N–H and O–H groups in total. The van der Waals surface area contributed by atoms with Crippen LogP contribution < -0.4 is 27.1 Å². The number of ether oxygens (including phenoxy) is 1. The lowest BCUT2D eigenvalue weighted by molar-refractivity contribution is 0.147. The van der Waals surface area contributed by atoms with Gasteiger partial charge in [0.15, 0.2) is 12.0 Å². The molecule has 0 radical (unpaired) electrons. The molecule has 0 saturated heterocycles. The van der Waals surface area contributed by atoms with Crippen LogP contribution in [0.1, 0.15) is 26.7 Å². The third-order valence-corrected chi connectivity index (χ3v) is 6.19. The van der Waals surface area contributed by atoms with E-state index in [-0.39, 0.29) is 38.6 Å². The molecule has 164 valence electrons. The molecule has 1 atom stereocenters.